The van der Waals surface area contributed by atoms with Gasteiger partial charge in [0.1, 0.15) is 6.10 Å². The maximum atomic E-state index is 9.77. The molecule has 51 valence electrons. The fraction of sp³-hybridized carbons (Fsp3) is 0.800. The summed E-state index contributed by atoms with van der Waals surface area (Å²) in [7, 11) is 0. The predicted molar refractivity (Wildman–Crippen MR) is 26.4 cm³/mol. The molecule has 0 aromatic heterocycles. The maximum absolute atomic E-state index is 9.77. The number of ether oxygens (including phenoxy) is 2. The Morgan fingerprint density at radius 3 is 2.89 bits per heavy atom. The van der Waals surface area contributed by atoms with Crippen LogP contribution in [-0.2, 0) is 14.6 Å². The van der Waals surface area contributed by atoms with Crippen molar-refractivity contribution in [3.63, 3.8) is 0 Å². The van der Waals surface area contributed by atoms with Crippen LogP contribution in [0, 0.1) is 0 Å². The Morgan fingerprint density at radius 2 is 2.44 bits per heavy atom. The summed E-state index contributed by atoms with van der Waals surface area (Å²) in [6, 6.07) is 0. The molecular weight excluding hydrogens is 124 g/mol. The normalized spacial score (nSPS) is 26.0. The van der Waals surface area contributed by atoms with E-state index in [2.05, 4.69) is 4.74 Å². The number of hydrogen-bond donors (Lipinski definition) is 0. The SMILES string of the molecule is [O]C(=O)OC1CCOC1. The van der Waals surface area contributed by atoms with Crippen LogP contribution in [-0.4, -0.2) is 25.5 Å². The van der Waals surface area contributed by atoms with Gasteiger partial charge in [-0.1, -0.05) is 0 Å². The smallest absolute Gasteiger partial charge is 0.426 e. The molecule has 4 heteroatoms. The van der Waals surface area contributed by atoms with E-state index in [-0.39, 0.29) is 6.10 Å². The van der Waals surface area contributed by atoms with E-state index in [0.29, 0.717) is 19.6 Å². The van der Waals surface area contributed by atoms with Gasteiger partial charge in [0.05, 0.1) is 13.2 Å². The van der Waals surface area contributed by atoms with Crippen molar-refractivity contribution in [3.8, 4) is 0 Å². The van der Waals surface area contributed by atoms with Gasteiger partial charge in [0, 0.05) is 6.42 Å². The molecule has 4 nitrogen and oxygen atoms in total. The van der Waals surface area contributed by atoms with Gasteiger partial charge in [-0.2, -0.15) is 9.90 Å². The van der Waals surface area contributed by atoms with Gasteiger partial charge in [0.15, 0.2) is 0 Å². The number of carbonyl (C=O) groups excluding carboxylic acids is 1. The molecule has 1 atom stereocenters. The van der Waals surface area contributed by atoms with E-state index in [4.69, 9.17) is 4.74 Å². The molecule has 0 aromatic carbocycles. The maximum Gasteiger partial charge on any atom is 0.550 e. The van der Waals surface area contributed by atoms with Crippen molar-refractivity contribution in [3.05, 3.63) is 0 Å². The first-order valence-corrected chi connectivity index (χ1v) is 2.74. The van der Waals surface area contributed by atoms with Crippen LogP contribution in [0.1, 0.15) is 6.42 Å². The Hall–Kier alpha value is -0.770. The molecule has 0 N–H and O–H groups in total. The van der Waals surface area contributed by atoms with Crippen LogP contribution in [0.15, 0.2) is 0 Å². The van der Waals surface area contributed by atoms with Crippen LogP contribution in [0.2, 0.25) is 0 Å². The van der Waals surface area contributed by atoms with E-state index < -0.39 is 6.16 Å². The first kappa shape index (κ1) is 6.35. The van der Waals surface area contributed by atoms with Gasteiger partial charge in [-0.15, -0.1) is 0 Å². The van der Waals surface area contributed by atoms with Gasteiger partial charge >= 0.3 is 6.16 Å². The summed E-state index contributed by atoms with van der Waals surface area (Å²) in [4.78, 5) is 9.77. The highest BCUT2D eigenvalue weighted by Crippen LogP contribution is 2.07. The number of rotatable bonds is 1. The van der Waals surface area contributed by atoms with Crippen molar-refractivity contribution in [2.75, 3.05) is 13.2 Å². The second-order valence-corrected chi connectivity index (χ2v) is 1.85. The molecule has 1 unspecified atom stereocenters. The first-order valence-electron chi connectivity index (χ1n) is 2.74. The molecule has 0 spiro atoms. The average Bonchev–Trinajstić information content (AvgIpc) is 2.15. The van der Waals surface area contributed by atoms with Crippen LogP contribution in [0.25, 0.3) is 0 Å². The Bertz CT molecular complexity index is 106. The minimum atomic E-state index is -1.47. The fourth-order valence-electron chi connectivity index (χ4n) is 0.742. The highest BCUT2D eigenvalue weighted by molar-refractivity contribution is 5.56. The lowest BCUT2D eigenvalue weighted by Crippen LogP contribution is -2.15. The van der Waals surface area contributed by atoms with Gasteiger partial charge in [-0.05, 0) is 0 Å². The zero-order chi connectivity index (χ0) is 6.69. The van der Waals surface area contributed by atoms with Gasteiger partial charge in [0.25, 0.3) is 0 Å². The van der Waals surface area contributed by atoms with Gasteiger partial charge in [-0.3, -0.25) is 0 Å². The van der Waals surface area contributed by atoms with Crippen molar-refractivity contribution >= 4 is 6.16 Å². The lowest BCUT2D eigenvalue weighted by molar-refractivity contribution is 0.0274. The Morgan fingerprint density at radius 1 is 1.67 bits per heavy atom. The Labute approximate surface area is 52.4 Å². The molecule has 1 aliphatic rings. The van der Waals surface area contributed by atoms with Gasteiger partial charge in [0.2, 0.25) is 0 Å². The summed E-state index contributed by atoms with van der Waals surface area (Å²) in [5.41, 5.74) is 0. The van der Waals surface area contributed by atoms with E-state index >= 15 is 0 Å². The van der Waals surface area contributed by atoms with E-state index in [1.165, 1.54) is 0 Å². The summed E-state index contributed by atoms with van der Waals surface area (Å²) >= 11 is 0. The number of hydrogen-bond acceptors (Lipinski definition) is 3. The molecule has 1 saturated heterocycles. The summed E-state index contributed by atoms with van der Waals surface area (Å²) in [6.45, 7) is 0.950. The quantitative estimate of drug-likeness (QED) is 0.482. The monoisotopic (exact) mass is 131 g/mol. The predicted octanol–water partition coefficient (Wildman–Crippen LogP) is 0.342. The highest BCUT2D eigenvalue weighted by Gasteiger charge is 2.19. The highest BCUT2D eigenvalue weighted by atomic mass is 16.7. The van der Waals surface area contributed by atoms with Crippen LogP contribution < -0.4 is 0 Å². The second kappa shape index (κ2) is 2.68. The molecule has 1 aliphatic heterocycles. The van der Waals surface area contributed by atoms with Crippen molar-refractivity contribution in [1.29, 1.82) is 0 Å². The topological polar surface area (TPSA) is 55.4 Å². The van der Waals surface area contributed by atoms with Crippen LogP contribution in [0.5, 0.6) is 0 Å². The summed E-state index contributed by atoms with van der Waals surface area (Å²) in [5, 5.41) is 9.77. The van der Waals surface area contributed by atoms with Crippen LogP contribution >= 0.6 is 0 Å². The third-order valence-electron chi connectivity index (χ3n) is 1.15. The minimum absolute atomic E-state index is 0.296. The van der Waals surface area contributed by atoms with Crippen LogP contribution in [0.3, 0.4) is 0 Å². The zero-order valence-corrected chi connectivity index (χ0v) is 4.83. The standard InChI is InChI=1S/C5H7O4/c6-5(7)9-4-1-2-8-3-4/h4H,1-3H2. The van der Waals surface area contributed by atoms with Crippen molar-refractivity contribution in [1.82, 2.24) is 0 Å². The molecule has 1 heterocycles. The van der Waals surface area contributed by atoms with E-state index in [1.54, 1.807) is 0 Å². The van der Waals surface area contributed by atoms with E-state index in [9.17, 15) is 9.90 Å². The lowest BCUT2D eigenvalue weighted by atomic mass is 10.3. The molecule has 1 rings (SSSR count). The minimum Gasteiger partial charge on any atom is -0.426 e. The van der Waals surface area contributed by atoms with E-state index in [0.717, 1.165) is 0 Å². The molecule has 0 saturated carbocycles. The Balaban J connectivity index is 2.19. The fourth-order valence-corrected chi connectivity index (χ4v) is 0.742. The third-order valence-corrected chi connectivity index (χ3v) is 1.15. The molecular formula is C5H7O4. The van der Waals surface area contributed by atoms with Gasteiger partial charge < -0.3 is 9.47 Å². The first-order chi connectivity index (χ1) is 4.29. The van der Waals surface area contributed by atoms with Crippen molar-refractivity contribution in [2.24, 2.45) is 0 Å². The molecule has 0 bridgehead atoms. The van der Waals surface area contributed by atoms with Crippen molar-refractivity contribution < 1.29 is 19.4 Å². The van der Waals surface area contributed by atoms with Crippen molar-refractivity contribution in [2.45, 2.75) is 12.5 Å². The summed E-state index contributed by atoms with van der Waals surface area (Å²) in [5.74, 6) is 0. The molecule has 0 amide bonds. The molecule has 9 heavy (non-hydrogen) atoms. The second-order valence-electron chi connectivity index (χ2n) is 1.85. The summed E-state index contributed by atoms with van der Waals surface area (Å²) < 4.78 is 9.13. The molecule has 1 fully saturated rings. The Kier molecular flexibility index (Phi) is 1.89. The lowest BCUT2D eigenvalue weighted by Gasteiger charge is -2.02. The number of carbonyl (C=O) groups is 1. The third kappa shape index (κ3) is 1.89. The molecule has 1 radical (unpaired) electrons. The van der Waals surface area contributed by atoms with E-state index in [1.807, 2.05) is 0 Å². The molecule has 0 aliphatic carbocycles. The van der Waals surface area contributed by atoms with Gasteiger partial charge in [-0.25, -0.2) is 0 Å². The summed E-state index contributed by atoms with van der Waals surface area (Å²) in [6.07, 6.45) is -1.12. The largest absolute Gasteiger partial charge is 0.550 e. The molecule has 0 aromatic rings. The average molecular weight is 131 g/mol. The van der Waals surface area contributed by atoms with Crippen LogP contribution in [0.4, 0.5) is 4.79 Å². The zero-order valence-electron chi connectivity index (χ0n) is 4.83.